The Balaban J connectivity index is 3.37. The first-order valence-electron chi connectivity index (χ1n) is 30.4. The highest BCUT2D eigenvalue weighted by Crippen LogP contribution is 2.19. The summed E-state index contributed by atoms with van der Waals surface area (Å²) in [5.74, 6) is -0.0555. The normalized spacial score (nSPS) is 12.7. The number of unbranched alkanes of at least 4 members (excludes halogenated alkanes) is 50. The van der Waals surface area contributed by atoms with Gasteiger partial charge in [0.2, 0.25) is 5.91 Å². The van der Waals surface area contributed by atoms with Crippen LogP contribution in [0.15, 0.2) is 12.2 Å². The summed E-state index contributed by atoms with van der Waals surface area (Å²) in [7, 11) is 0. The van der Waals surface area contributed by atoms with Gasteiger partial charge < -0.3 is 15.5 Å². The summed E-state index contributed by atoms with van der Waals surface area (Å²) in [5.41, 5.74) is 0. The van der Waals surface area contributed by atoms with Crippen LogP contribution in [0.1, 0.15) is 354 Å². The Kier molecular flexibility index (Phi) is 56.7. The van der Waals surface area contributed by atoms with E-state index >= 15 is 0 Å². The third-order valence-corrected chi connectivity index (χ3v) is 14.5. The maximum Gasteiger partial charge on any atom is 0.220 e. The molecule has 0 saturated carbocycles. The van der Waals surface area contributed by atoms with Crippen LogP contribution in [0, 0.1) is 0 Å². The van der Waals surface area contributed by atoms with Gasteiger partial charge in [-0.1, -0.05) is 341 Å². The van der Waals surface area contributed by atoms with E-state index in [1.54, 1.807) is 6.08 Å². The molecular weight excluding hydrogens is 795 g/mol. The highest BCUT2D eigenvalue weighted by atomic mass is 16.3. The molecule has 0 rings (SSSR count). The van der Waals surface area contributed by atoms with Crippen LogP contribution >= 0.6 is 0 Å². The van der Waals surface area contributed by atoms with Crippen molar-refractivity contribution in [3.63, 3.8) is 0 Å². The lowest BCUT2D eigenvalue weighted by Crippen LogP contribution is -2.45. The number of aliphatic hydroxyl groups excluding tert-OH is 2. The van der Waals surface area contributed by atoms with E-state index in [-0.39, 0.29) is 12.5 Å². The predicted molar refractivity (Wildman–Crippen MR) is 290 cm³/mol. The average molecular weight is 917 g/mol. The van der Waals surface area contributed by atoms with Gasteiger partial charge in [-0.25, -0.2) is 0 Å². The molecule has 2 atom stereocenters. The minimum absolute atomic E-state index is 0.0555. The van der Waals surface area contributed by atoms with E-state index in [1.807, 2.05) is 6.08 Å². The molecule has 0 bridgehead atoms. The number of carbonyl (C=O) groups excluding carboxylic acids is 1. The lowest BCUT2D eigenvalue weighted by molar-refractivity contribution is -0.123. The monoisotopic (exact) mass is 916 g/mol. The molecule has 4 nitrogen and oxygen atoms in total. The third kappa shape index (κ3) is 53.9. The molecule has 0 fully saturated rings. The van der Waals surface area contributed by atoms with Crippen LogP contribution in [-0.2, 0) is 4.79 Å². The Morgan fingerprint density at radius 1 is 0.354 bits per heavy atom. The molecular formula is C61H121NO3. The lowest BCUT2D eigenvalue weighted by Gasteiger charge is -2.20. The quantitative estimate of drug-likeness (QED) is 0.0421. The van der Waals surface area contributed by atoms with E-state index in [9.17, 15) is 15.0 Å². The first kappa shape index (κ1) is 64.1. The van der Waals surface area contributed by atoms with E-state index in [4.69, 9.17) is 0 Å². The van der Waals surface area contributed by atoms with E-state index in [1.165, 1.54) is 308 Å². The van der Waals surface area contributed by atoms with Gasteiger partial charge in [-0.15, -0.1) is 0 Å². The van der Waals surface area contributed by atoms with Gasteiger partial charge in [-0.05, 0) is 19.3 Å². The summed E-state index contributed by atoms with van der Waals surface area (Å²) in [4.78, 5) is 12.5. The first-order chi connectivity index (χ1) is 32.2. The van der Waals surface area contributed by atoms with Crippen LogP contribution in [0.2, 0.25) is 0 Å². The van der Waals surface area contributed by atoms with Gasteiger partial charge in [0, 0.05) is 6.42 Å². The van der Waals surface area contributed by atoms with E-state index < -0.39 is 12.1 Å². The second-order valence-corrected chi connectivity index (χ2v) is 21.1. The number of hydrogen-bond donors (Lipinski definition) is 3. The van der Waals surface area contributed by atoms with Gasteiger partial charge in [0.1, 0.15) is 0 Å². The second-order valence-electron chi connectivity index (χ2n) is 21.1. The second kappa shape index (κ2) is 57.4. The fraction of sp³-hybridized carbons (Fsp3) is 0.951. The predicted octanol–water partition coefficient (Wildman–Crippen LogP) is 20.1. The summed E-state index contributed by atoms with van der Waals surface area (Å²) in [6.07, 6.45) is 75.5. The van der Waals surface area contributed by atoms with Crippen molar-refractivity contribution in [2.45, 2.75) is 366 Å². The SMILES string of the molecule is CCCCCCCCCCCCCCCCC/C=C/C(O)C(CO)NC(=O)CCCCCCCCCCCCCCCCCCCCCCCCCCCCCCCCCCCCCC. The largest absolute Gasteiger partial charge is 0.394 e. The Labute approximate surface area is 409 Å². The molecule has 0 aliphatic carbocycles. The molecule has 388 valence electrons. The molecule has 0 aromatic carbocycles. The smallest absolute Gasteiger partial charge is 0.220 e. The van der Waals surface area contributed by atoms with Crippen molar-refractivity contribution in [2.75, 3.05) is 6.61 Å². The van der Waals surface area contributed by atoms with Crippen LogP contribution in [0.5, 0.6) is 0 Å². The molecule has 0 aromatic rings. The van der Waals surface area contributed by atoms with Crippen molar-refractivity contribution < 1.29 is 15.0 Å². The van der Waals surface area contributed by atoms with E-state index in [0.717, 1.165) is 25.7 Å². The van der Waals surface area contributed by atoms with Gasteiger partial charge in [0.05, 0.1) is 18.8 Å². The van der Waals surface area contributed by atoms with Crippen molar-refractivity contribution >= 4 is 5.91 Å². The highest BCUT2D eigenvalue weighted by Gasteiger charge is 2.18. The average Bonchev–Trinajstić information content (AvgIpc) is 3.31. The zero-order valence-corrected chi connectivity index (χ0v) is 44.8. The number of amides is 1. The first-order valence-corrected chi connectivity index (χ1v) is 30.4. The fourth-order valence-corrected chi connectivity index (χ4v) is 9.89. The van der Waals surface area contributed by atoms with Crippen LogP contribution in [-0.4, -0.2) is 34.9 Å². The lowest BCUT2D eigenvalue weighted by atomic mass is 10.0. The summed E-state index contributed by atoms with van der Waals surface area (Å²) in [6, 6.07) is -0.618. The van der Waals surface area contributed by atoms with Gasteiger partial charge in [-0.3, -0.25) is 4.79 Å². The summed E-state index contributed by atoms with van der Waals surface area (Å²) < 4.78 is 0. The van der Waals surface area contributed by atoms with Crippen LogP contribution < -0.4 is 5.32 Å². The summed E-state index contributed by atoms with van der Waals surface area (Å²) in [6.45, 7) is 4.35. The number of nitrogens with one attached hydrogen (secondary N) is 1. The number of carbonyl (C=O) groups is 1. The van der Waals surface area contributed by atoms with E-state index in [0.29, 0.717) is 6.42 Å². The zero-order chi connectivity index (χ0) is 47.0. The Morgan fingerprint density at radius 2 is 0.569 bits per heavy atom. The Morgan fingerprint density at radius 3 is 0.800 bits per heavy atom. The highest BCUT2D eigenvalue weighted by molar-refractivity contribution is 5.76. The molecule has 3 N–H and O–H groups in total. The Bertz CT molecular complexity index is 905. The van der Waals surface area contributed by atoms with Gasteiger partial charge in [0.15, 0.2) is 0 Å². The number of rotatable bonds is 57. The molecule has 0 spiro atoms. The van der Waals surface area contributed by atoms with Gasteiger partial charge in [-0.2, -0.15) is 0 Å². The third-order valence-electron chi connectivity index (χ3n) is 14.5. The van der Waals surface area contributed by atoms with Crippen molar-refractivity contribution in [3.05, 3.63) is 12.2 Å². The topological polar surface area (TPSA) is 69.6 Å². The standard InChI is InChI=1S/C61H121NO3/c1-3-5-7-9-11-13-15-17-19-21-22-23-24-25-26-27-28-29-30-31-32-33-34-35-36-37-38-39-41-43-45-47-49-51-53-55-57-61(65)62-59(58-63)60(64)56-54-52-50-48-46-44-42-40-20-18-16-14-12-10-8-6-4-2/h54,56,59-60,63-64H,3-53,55,57-58H2,1-2H3,(H,62,65)/b56-54+. The molecule has 1 amide bonds. The van der Waals surface area contributed by atoms with Crippen LogP contribution in [0.3, 0.4) is 0 Å². The molecule has 0 heterocycles. The molecule has 0 saturated heterocycles. The van der Waals surface area contributed by atoms with Gasteiger partial charge in [0.25, 0.3) is 0 Å². The minimum atomic E-state index is -0.835. The zero-order valence-electron chi connectivity index (χ0n) is 44.8. The summed E-state index contributed by atoms with van der Waals surface area (Å²) >= 11 is 0. The summed E-state index contributed by atoms with van der Waals surface area (Å²) in [5, 5.41) is 23.2. The minimum Gasteiger partial charge on any atom is -0.394 e. The van der Waals surface area contributed by atoms with Crippen molar-refractivity contribution in [3.8, 4) is 0 Å². The molecule has 0 aliphatic heterocycles. The van der Waals surface area contributed by atoms with Crippen molar-refractivity contribution in [1.82, 2.24) is 5.32 Å². The molecule has 65 heavy (non-hydrogen) atoms. The number of hydrogen-bond acceptors (Lipinski definition) is 3. The van der Waals surface area contributed by atoms with E-state index in [2.05, 4.69) is 19.2 Å². The maximum absolute atomic E-state index is 12.5. The van der Waals surface area contributed by atoms with Crippen LogP contribution in [0.25, 0.3) is 0 Å². The van der Waals surface area contributed by atoms with Crippen molar-refractivity contribution in [2.24, 2.45) is 0 Å². The van der Waals surface area contributed by atoms with Crippen molar-refractivity contribution in [1.29, 1.82) is 0 Å². The van der Waals surface area contributed by atoms with Crippen LogP contribution in [0.4, 0.5) is 0 Å². The molecule has 0 aliphatic rings. The molecule has 0 aromatic heterocycles. The number of allylic oxidation sites excluding steroid dienone is 1. The Hall–Kier alpha value is -0.870. The molecule has 4 heteroatoms. The maximum atomic E-state index is 12.5. The fourth-order valence-electron chi connectivity index (χ4n) is 9.89. The molecule has 0 radical (unpaired) electrons. The van der Waals surface area contributed by atoms with Gasteiger partial charge >= 0.3 is 0 Å². The number of aliphatic hydroxyl groups is 2. The molecule has 2 unspecified atom stereocenters.